The highest BCUT2D eigenvalue weighted by atomic mass is 35.5. The Labute approximate surface area is 167 Å². The Morgan fingerprint density at radius 1 is 1.08 bits per heavy atom. The molecule has 3 rings (SSSR count). The molecule has 6 nitrogen and oxygen atoms in total. The van der Waals surface area contributed by atoms with Gasteiger partial charge in [-0.1, -0.05) is 29.3 Å². The van der Waals surface area contributed by atoms with Gasteiger partial charge in [0.05, 0.1) is 27.7 Å². The minimum Gasteiger partial charge on any atom is -0.467 e. The van der Waals surface area contributed by atoms with Gasteiger partial charge in [-0.2, -0.15) is 0 Å². The van der Waals surface area contributed by atoms with Gasteiger partial charge in [0.15, 0.2) is 0 Å². The summed E-state index contributed by atoms with van der Waals surface area (Å²) in [6.45, 7) is 1.97. The van der Waals surface area contributed by atoms with Gasteiger partial charge in [0.2, 0.25) is 0 Å². The molecule has 2 amide bonds. The predicted molar refractivity (Wildman–Crippen MR) is 102 cm³/mol. The zero-order valence-electron chi connectivity index (χ0n) is 13.8. The van der Waals surface area contributed by atoms with Crippen LogP contribution in [0.2, 0.25) is 10.0 Å². The number of carbonyl (C=O) groups is 2. The van der Waals surface area contributed by atoms with E-state index >= 15 is 0 Å². The van der Waals surface area contributed by atoms with Crippen LogP contribution in [0.15, 0.2) is 34.9 Å². The Balaban J connectivity index is 0.00000243. The summed E-state index contributed by atoms with van der Waals surface area (Å²) < 4.78 is 5.20. The standard InChI is InChI=1S/C17H17Cl2N3O3.ClH/c18-14-3-1-2-13(15(14)19)17(24)22-6-4-21(5-7-22)16(23)11-8-12(9-20)25-10-11;/h1-3,8,10H,4-7,9,20H2;1H. The van der Waals surface area contributed by atoms with Gasteiger partial charge in [-0.3, -0.25) is 9.59 Å². The van der Waals surface area contributed by atoms with Crippen molar-refractivity contribution in [2.24, 2.45) is 5.73 Å². The smallest absolute Gasteiger partial charge is 0.257 e. The lowest BCUT2D eigenvalue weighted by molar-refractivity contribution is 0.0535. The van der Waals surface area contributed by atoms with Gasteiger partial charge in [-0.05, 0) is 18.2 Å². The maximum absolute atomic E-state index is 12.6. The quantitative estimate of drug-likeness (QED) is 0.831. The third kappa shape index (κ3) is 4.15. The van der Waals surface area contributed by atoms with E-state index in [1.807, 2.05) is 0 Å². The minimum atomic E-state index is -0.187. The summed E-state index contributed by atoms with van der Waals surface area (Å²) in [5, 5.41) is 0.595. The molecule has 1 aliphatic rings. The molecule has 26 heavy (non-hydrogen) atoms. The number of nitrogens with two attached hydrogens (primary N) is 1. The predicted octanol–water partition coefficient (Wildman–Crippen LogP) is 3.07. The molecule has 1 fully saturated rings. The second kappa shape index (κ2) is 8.77. The summed E-state index contributed by atoms with van der Waals surface area (Å²) in [6.07, 6.45) is 1.41. The van der Waals surface area contributed by atoms with Crippen LogP contribution in [0.4, 0.5) is 0 Å². The molecule has 0 aliphatic carbocycles. The Kier molecular flexibility index (Phi) is 6.94. The highest BCUT2D eigenvalue weighted by Gasteiger charge is 2.27. The van der Waals surface area contributed by atoms with Crippen molar-refractivity contribution in [3.05, 3.63) is 57.5 Å². The van der Waals surface area contributed by atoms with Crippen molar-refractivity contribution < 1.29 is 14.0 Å². The lowest BCUT2D eigenvalue weighted by Gasteiger charge is -2.34. The van der Waals surface area contributed by atoms with E-state index in [9.17, 15) is 9.59 Å². The molecule has 2 aromatic rings. The number of carbonyl (C=O) groups excluding carboxylic acids is 2. The van der Waals surface area contributed by atoms with Crippen LogP contribution in [0.5, 0.6) is 0 Å². The summed E-state index contributed by atoms with van der Waals surface area (Å²) in [5.41, 5.74) is 6.33. The summed E-state index contributed by atoms with van der Waals surface area (Å²) in [5.74, 6) is 0.248. The number of hydrogen-bond acceptors (Lipinski definition) is 4. The molecule has 0 saturated carbocycles. The van der Waals surface area contributed by atoms with Gasteiger partial charge in [-0.15, -0.1) is 12.4 Å². The van der Waals surface area contributed by atoms with E-state index in [1.165, 1.54) is 6.26 Å². The fraction of sp³-hybridized carbons (Fsp3) is 0.294. The van der Waals surface area contributed by atoms with Crippen LogP contribution >= 0.6 is 35.6 Å². The van der Waals surface area contributed by atoms with Crippen LogP contribution in [-0.4, -0.2) is 47.8 Å². The molecule has 1 aliphatic heterocycles. The van der Waals surface area contributed by atoms with E-state index in [1.54, 1.807) is 34.1 Å². The fourth-order valence-electron chi connectivity index (χ4n) is 2.73. The van der Waals surface area contributed by atoms with E-state index < -0.39 is 0 Å². The number of halogens is 3. The first-order chi connectivity index (χ1) is 12.0. The van der Waals surface area contributed by atoms with Gasteiger partial charge in [0.25, 0.3) is 11.8 Å². The maximum atomic E-state index is 12.6. The van der Waals surface area contributed by atoms with Gasteiger partial charge in [0.1, 0.15) is 12.0 Å². The molecule has 0 bridgehead atoms. The van der Waals surface area contributed by atoms with Gasteiger partial charge >= 0.3 is 0 Å². The highest BCUT2D eigenvalue weighted by molar-refractivity contribution is 6.43. The molecule has 0 unspecified atom stereocenters. The summed E-state index contributed by atoms with van der Waals surface area (Å²) in [4.78, 5) is 28.4. The second-order valence-corrected chi connectivity index (χ2v) is 6.48. The van der Waals surface area contributed by atoms with Crippen LogP contribution in [0.25, 0.3) is 0 Å². The topological polar surface area (TPSA) is 79.8 Å². The van der Waals surface area contributed by atoms with Crippen molar-refractivity contribution in [1.29, 1.82) is 0 Å². The lowest BCUT2D eigenvalue weighted by atomic mass is 10.1. The van der Waals surface area contributed by atoms with Crippen LogP contribution in [0.3, 0.4) is 0 Å². The van der Waals surface area contributed by atoms with Gasteiger partial charge < -0.3 is 20.0 Å². The molecule has 140 valence electrons. The van der Waals surface area contributed by atoms with E-state index in [0.717, 1.165) is 0 Å². The number of benzene rings is 1. The first kappa shape index (κ1) is 20.6. The van der Waals surface area contributed by atoms with Gasteiger partial charge in [-0.25, -0.2) is 0 Å². The van der Waals surface area contributed by atoms with Crippen molar-refractivity contribution in [2.75, 3.05) is 26.2 Å². The van der Waals surface area contributed by atoms with Crippen molar-refractivity contribution in [3.8, 4) is 0 Å². The fourth-order valence-corrected chi connectivity index (χ4v) is 3.12. The number of nitrogens with zero attached hydrogens (tertiary/aromatic N) is 2. The lowest BCUT2D eigenvalue weighted by Crippen LogP contribution is -2.50. The molecule has 9 heteroatoms. The van der Waals surface area contributed by atoms with Crippen molar-refractivity contribution in [3.63, 3.8) is 0 Å². The van der Waals surface area contributed by atoms with E-state index in [4.69, 9.17) is 33.4 Å². The third-order valence-corrected chi connectivity index (χ3v) is 4.96. The number of piperazine rings is 1. The first-order valence-electron chi connectivity index (χ1n) is 7.81. The number of rotatable bonds is 3. The Bertz CT molecular complexity index is 802. The van der Waals surface area contributed by atoms with E-state index in [0.29, 0.717) is 48.1 Å². The molecular weight excluding hydrogens is 401 g/mol. The summed E-state index contributed by atoms with van der Waals surface area (Å²) in [6, 6.07) is 6.62. The number of furan rings is 1. The van der Waals surface area contributed by atoms with Crippen LogP contribution in [0, 0.1) is 0 Å². The van der Waals surface area contributed by atoms with E-state index in [2.05, 4.69) is 0 Å². The van der Waals surface area contributed by atoms with Crippen molar-refractivity contribution in [1.82, 2.24) is 9.80 Å². The van der Waals surface area contributed by atoms with Crippen LogP contribution in [-0.2, 0) is 6.54 Å². The maximum Gasteiger partial charge on any atom is 0.257 e. The monoisotopic (exact) mass is 417 g/mol. The molecular formula is C17H18Cl3N3O3. The zero-order chi connectivity index (χ0) is 18.0. The molecule has 0 spiro atoms. The summed E-state index contributed by atoms with van der Waals surface area (Å²) in [7, 11) is 0. The average Bonchev–Trinajstić information content (AvgIpc) is 3.12. The average molecular weight is 419 g/mol. The Morgan fingerprint density at radius 3 is 2.27 bits per heavy atom. The number of hydrogen-bond donors (Lipinski definition) is 1. The molecule has 1 aromatic carbocycles. The molecule has 2 heterocycles. The Hall–Kier alpha value is -1.73. The number of amides is 2. The summed E-state index contributed by atoms with van der Waals surface area (Å²) >= 11 is 12.1. The first-order valence-corrected chi connectivity index (χ1v) is 8.57. The normalized spacial score (nSPS) is 14.1. The van der Waals surface area contributed by atoms with Gasteiger partial charge in [0, 0.05) is 26.2 Å². The largest absolute Gasteiger partial charge is 0.467 e. The SMILES string of the molecule is Cl.NCc1cc(C(=O)N2CCN(C(=O)c3cccc(Cl)c3Cl)CC2)co1. The Morgan fingerprint density at radius 2 is 1.69 bits per heavy atom. The minimum absolute atomic E-state index is 0. The van der Waals surface area contributed by atoms with Crippen molar-refractivity contribution in [2.45, 2.75) is 6.54 Å². The molecule has 1 saturated heterocycles. The van der Waals surface area contributed by atoms with Crippen LogP contribution in [0.1, 0.15) is 26.5 Å². The highest BCUT2D eigenvalue weighted by Crippen LogP contribution is 2.27. The van der Waals surface area contributed by atoms with Crippen LogP contribution < -0.4 is 5.73 Å². The third-order valence-electron chi connectivity index (χ3n) is 4.14. The zero-order valence-corrected chi connectivity index (χ0v) is 16.1. The van der Waals surface area contributed by atoms with Crippen molar-refractivity contribution >= 4 is 47.4 Å². The van der Waals surface area contributed by atoms with E-state index in [-0.39, 0.29) is 35.8 Å². The second-order valence-electron chi connectivity index (χ2n) is 5.69. The molecule has 1 aromatic heterocycles. The molecule has 0 atom stereocenters. The molecule has 2 N–H and O–H groups in total. The molecule has 0 radical (unpaired) electrons.